The highest BCUT2D eigenvalue weighted by Gasteiger charge is 2.25. The van der Waals surface area contributed by atoms with Crippen molar-refractivity contribution in [2.24, 2.45) is 0 Å². The first kappa shape index (κ1) is 12.9. The SMILES string of the molecule is CC(CO)(Nc1ccc(Cl)cc1)c1ccccc1. The highest BCUT2D eigenvalue weighted by molar-refractivity contribution is 6.30. The second-order valence-corrected chi connectivity index (χ2v) is 4.92. The van der Waals surface area contributed by atoms with Crippen molar-refractivity contribution in [3.05, 3.63) is 65.2 Å². The molecule has 1 atom stereocenters. The van der Waals surface area contributed by atoms with Gasteiger partial charge in [0.2, 0.25) is 0 Å². The standard InChI is InChI=1S/C15H16ClNO/c1-15(11-18,12-5-3-2-4-6-12)17-14-9-7-13(16)8-10-14/h2-10,17-18H,11H2,1H3. The van der Waals surface area contributed by atoms with Crippen molar-refractivity contribution < 1.29 is 5.11 Å². The van der Waals surface area contributed by atoms with Gasteiger partial charge in [-0.1, -0.05) is 41.9 Å². The van der Waals surface area contributed by atoms with Gasteiger partial charge in [0.05, 0.1) is 12.1 Å². The predicted octanol–water partition coefficient (Wildman–Crippen LogP) is 3.66. The molecule has 0 radical (unpaired) electrons. The number of halogens is 1. The Morgan fingerprint density at radius 1 is 1.06 bits per heavy atom. The molecule has 0 aliphatic rings. The van der Waals surface area contributed by atoms with E-state index in [0.29, 0.717) is 5.02 Å². The van der Waals surface area contributed by atoms with Crippen LogP contribution in [0, 0.1) is 0 Å². The smallest absolute Gasteiger partial charge is 0.0828 e. The van der Waals surface area contributed by atoms with Gasteiger partial charge in [-0.15, -0.1) is 0 Å². The zero-order chi connectivity index (χ0) is 13.0. The van der Waals surface area contributed by atoms with Crippen molar-refractivity contribution in [2.75, 3.05) is 11.9 Å². The lowest BCUT2D eigenvalue weighted by Gasteiger charge is -2.30. The summed E-state index contributed by atoms with van der Waals surface area (Å²) in [5, 5.41) is 13.7. The van der Waals surface area contributed by atoms with E-state index in [9.17, 15) is 5.11 Å². The van der Waals surface area contributed by atoms with Crippen molar-refractivity contribution in [2.45, 2.75) is 12.5 Å². The van der Waals surface area contributed by atoms with E-state index in [1.165, 1.54) is 0 Å². The molecule has 94 valence electrons. The minimum atomic E-state index is -0.505. The molecule has 0 saturated heterocycles. The van der Waals surface area contributed by atoms with E-state index in [-0.39, 0.29) is 6.61 Å². The van der Waals surface area contributed by atoms with E-state index in [1.54, 1.807) is 0 Å². The largest absolute Gasteiger partial charge is 0.394 e. The quantitative estimate of drug-likeness (QED) is 0.880. The highest BCUT2D eigenvalue weighted by Crippen LogP contribution is 2.26. The van der Waals surface area contributed by atoms with Gasteiger partial charge in [0, 0.05) is 10.7 Å². The number of hydrogen-bond acceptors (Lipinski definition) is 2. The summed E-state index contributed by atoms with van der Waals surface area (Å²) in [6.45, 7) is 1.98. The lowest BCUT2D eigenvalue weighted by Crippen LogP contribution is -2.35. The molecule has 1 unspecified atom stereocenters. The Kier molecular flexibility index (Phi) is 3.90. The monoisotopic (exact) mass is 261 g/mol. The zero-order valence-corrected chi connectivity index (χ0v) is 11.0. The molecule has 18 heavy (non-hydrogen) atoms. The summed E-state index contributed by atoms with van der Waals surface area (Å²) in [6, 6.07) is 17.3. The second kappa shape index (κ2) is 5.42. The van der Waals surface area contributed by atoms with Crippen LogP contribution in [-0.4, -0.2) is 11.7 Å². The molecule has 2 nitrogen and oxygen atoms in total. The lowest BCUT2D eigenvalue weighted by molar-refractivity contribution is 0.224. The number of rotatable bonds is 4. The van der Waals surface area contributed by atoms with Gasteiger partial charge in [-0.3, -0.25) is 0 Å². The normalized spacial score (nSPS) is 13.9. The van der Waals surface area contributed by atoms with Crippen LogP contribution in [0.25, 0.3) is 0 Å². The van der Waals surface area contributed by atoms with Gasteiger partial charge < -0.3 is 10.4 Å². The Balaban J connectivity index is 2.26. The summed E-state index contributed by atoms with van der Waals surface area (Å²) >= 11 is 5.86. The minimum absolute atomic E-state index is 0.0135. The summed E-state index contributed by atoms with van der Waals surface area (Å²) in [5.74, 6) is 0. The third-order valence-electron chi connectivity index (χ3n) is 2.99. The van der Waals surface area contributed by atoms with Crippen molar-refractivity contribution in [3.63, 3.8) is 0 Å². The van der Waals surface area contributed by atoms with Gasteiger partial charge in [0.1, 0.15) is 0 Å². The molecule has 3 heteroatoms. The molecule has 2 rings (SSSR count). The molecule has 0 bridgehead atoms. The number of aliphatic hydroxyl groups excluding tert-OH is 1. The van der Waals surface area contributed by atoms with Crippen LogP contribution in [0.5, 0.6) is 0 Å². The van der Waals surface area contributed by atoms with Crippen LogP contribution in [0.15, 0.2) is 54.6 Å². The summed E-state index contributed by atoms with van der Waals surface area (Å²) in [6.07, 6.45) is 0. The first-order valence-corrected chi connectivity index (χ1v) is 6.22. The molecule has 0 aliphatic carbocycles. The molecule has 2 aromatic carbocycles. The second-order valence-electron chi connectivity index (χ2n) is 4.49. The van der Waals surface area contributed by atoms with Crippen LogP contribution in [0.4, 0.5) is 5.69 Å². The fourth-order valence-corrected chi connectivity index (χ4v) is 1.99. The molecule has 2 N–H and O–H groups in total. The van der Waals surface area contributed by atoms with E-state index in [4.69, 9.17) is 11.6 Å². The average Bonchev–Trinajstić information content (AvgIpc) is 2.42. The summed E-state index contributed by atoms with van der Waals surface area (Å²) in [7, 11) is 0. The maximum absolute atomic E-state index is 9.67. The summed E-state index contributed by atoms with van der Waals surface area (Å²) in [4.78, 5) is 0. The highest BCUT2D eigenvalue weighted by atomic mass is 35.5. The molecule has 0 aliphatic heterocycles. The van der Waals surface area contributed by atoms with Gasteiger partial charge in [0.15, 0.2) is 0 Å². The Morgan fingerprint density at radius 3 is 2.22 bits per heavy atom. The van der Waals surface area contributed by atoms with Crippen molar-refractivity contribution in [3.8, 4) is 0 Å². The Labute approximate surface area is 112 Å². The molecule has 0 amide bonds. The number of nitrogens with one attached hydrogen (secondary N) is 1. The third kappa shape index (κ3) is 2.84. The Hall–Kier alpha value is -1.51. The Morgan fingerprint density at radius 2 is 1.67 bits per heavy atom. The Bertz CT molecular complexity index is 498. The molecule has 2 aromatic rings. The fraction of sp³-hybridized carbons (Fsp3) is 0.200. The van der Waals surface area contributed by atoms with E-state index >= 15 is 0 Å². The van der Waals surface area contributed by atoms with Crippen molar-refractivity contribution >= 4 is 17.3 Å². The van der Waals surface area contributed by atoms with Crippen molar-refractivity contribution in [1.29, 1.82) is 0 Å². The molecule has 0 aromatic heterocycles. The maximum Gasteiger partial charge on any atom is 0.0828 e. The number of aliphatic hydroxyl groups is 1. The third-order valence-corrected chi connectivity index (χ3v) is 3.24. The molecule has 0 spiro atoms. The number of benzene rings is 2. The van der Waals surface area contributed by atoms with Gasteiger partial charge in [-0.25, -0.2) is 0 Å². The molecular weight excluding hydrogens is 246 g/mol. The van der Waals surface area contributed by atoms with E-state index in [2.05, 4.69) is 5.32 Å². The summed E-state index contributed by atoms with van der Waals surface area (Å²) < 4.78 is 0. The number of hydrogen-bond donors (Lipinski definition) is 2. The summed E-state index contributed by atoms with van der Waals surface area (Å²) in [5.41, 5.74) is 1.47. The average molecular weight is 262 g/mol. The van der Waals surface area contributed by atoms with Crippen molar-refractivity contribution in [1.82, 2.24) is 0 Å². The van der Waals surface area contributed by atoms with Crippen LogP contribution < -0.4 is 5.32 Å². The minimum Gasteiger partial charge on any atom is -0.394 e. The molecule has 0 heterocycles. The van der Waals surface area contributed by atoms with E-state index < -0.39 is 5.54 Å². The van der Waals surface area contributed by atoms with Gasteiger partial charge >= 0.3 is 0 Å². The number of anilines is 1. The zero-order valence-electron chi connectivity index (χ0n) is 10.2. The van der Waals surface area contributed by atoms with Gasteiger partial charge in [0.25, 0.3) is 0 Å². The van der Waals surface area contributed by atoms with Crippen LogP contribution >= 0.6 is 11.6 Å². The predicted molar refractivity (Wildman–Crippen MR) is 76.0 cm³/mol. The molecular formula is C15H16ClNO. The topological polar surface area (TPSA) is 32.3 Å². The molecule has 0 fully saturated rings. The van der Waals surface area contributed by atoms with Crippen LogP contribution in [0.2, 0.25) is 5.02 Å². The maximum atomic E-state index is 9.67. The molecule has 0 saturated carbocycles. The van der Waals surface area contributed by atoms with E-state index in [1.807, 2.05) is 61.5 Å². The van der Waals surface area contributed by atoms with Crippen LogP contribution in [-0.2, 0) is 5.54 Å². The fourth-order valence-electron chi connectivity index (χ4n) is 1.86. The first-order chi connectivity index (χ1) is 8.64. The van der Waals surface area contributed by atoms with E-state index in [0.717, 1.165) is 11.3 Å². The first-order valence-electron chi connectivity index (χ1n) is 5.84. The van der Waals surface area contributed by atoms with Crippen LogP contribution in [0.3, 0.4) is 0 Å². The van der Waals surface area contributed by atoms with Gasteiger partial charge in [-0.05, 0) is 36.8 Å². The lowest BCUT2D eigenvalue weighted by atomic mass is 9.92. The van der Waals surface area contributed by atoms with Gasteiger partial charge in [-0.2, -0.15) is 0 Å². The van der Waals surface area contributed by atoms with Crippen LogP contribution in [0.1, 0.15) is 12.5 Å².